The van der Waals surface area contributed by atoms with Gasteiger partial charge in [-0.25, -0.2) is 0 Å². The molecule has 0 saturated carbocycles. The summed E-state index contributed by atoms with van der Waals surface area (Å²) in [5.41, 5.74) is -0.212. The largest absolute Gasteiger partial charge is 0.463 e. The molecule has 70 heavy (non-hydrogen) atoms. The fourth-order valence-electron chi connectivity index (χ4n) is 9.93. The van der Waals surface area contributed by atoms with E-state index in [0.29, 0.717) is 32.5 Å². The highest BCUT2D eigenvalue weighted by molar-refractivity contribution is 5.73. The first-order valence-electron chi connectivity index (χ1n) is 24.8. The number of aliphatic hydroxyl groups is 1. The molecule has 19 nitrogen and oxygen atoms in total. The minimum absolute atomic E-state index is 0.0243. The molecule has 0 aliphatic carbocycles. The zero-order chi connectivity index (χ0) is 51.9. The monoisotopic (exact) mass is 993 g/mol. The van der Waals surface area contributed by atoms with Gasteiger partial charge in [-0.2, -0.15) is 0 Å². The van der Waals surface area contributed by atoms with Crippen LogP contribution in [0, 0.1) is 11.8 Å². The Morgan fingerprint density at radius 2 is 1.56 bits per heavy atom. The maximum Gasteiger partial charge on any atom is 0.309 e. The molecular weight excluding hydrogens is 913 g/mol. The van der Waals surface area contributed by atoms with E-state index in [0.717, 1.165) is 11.8 Å². The van der Waals surface area contributed by atoms with Crippen LogP contribution in [0.15, 0.2) is 30.3 Å². The lowest BCUT2D eigenvalue weighted by atomic mass is 9.82. The van der Waals surface area contributed by atoms with E-state index in [9.17, 15) is 33.9 Å². The molecule has 10 unspecified atom stereocenters. The number of carbonyl (C=O) groups is 6. The lowest BCUT2D eigenvalue weighted by molar-refractivity contribution is -0.344. The minimum atomic E-state index is -1.45. The summed E-state index contributed by atoms with van der Waals surface area (Å²) < 4.78 is 61.8. The van der Waals surface area contributed by atoms with E-state index < -0.39 is 133 Å². The first kappa shape index (κ1) is 58.5. The maximum atomic E-state index is 13.8. The number of hydrogen-bond donors (Lipinski definition) is 1. The molecule has 19 heteroatoms. The van der Waals surface area contributed by atoms with E-state index in [1.165, 1.54) is 21.0 Å². The van der Waals surface area contributed by atoms with Crippen LogP contribution in [0.4, 0.5) is 0 Å². The molecule has 0 radical (unpaired) electrons. The SMILES string of the molecule is CCC(=O)OC1C(C)OC(OC2C(C)OC(O[C@@H]3C(OC)[C@H](OC(=O)CC)CC(=O)O[C@H](C)CCN(CCc4ccccc4)C[C@H](OC(C)=O)[C@H](C)C[C@@H]3CC=O)C(O)C2N(C)C)CC1(C)OC(C)=O. The van der Waals surface area contributed by atoms with E-state index in [2.05, 4.69) is 4.90 Å². The van der Waals surface area contributed by atoms with Crippen LogP contribution in [0.25, 0.3) is 0 Å². The molecule has 3 aliphatic rings. The van der Waals surface area contributed by atoms with Gasteiger partial charge in [0, 0.05) is 66.3 Å². The average molecular weight is 993 g/mol. The Morgan fingerprint density at radius 1 is 0.886 bits per heavy atom. The van der Waals surface area contributed by atoms with Crippen molar-refractivity contribution in [2.24, 2.45) is 11.8 Å². The molecule has 4 rings (SSSR count). The smallest absolute Gasteiger partial charge is 0.309 e. The van der Waals surface area contributed by atoms with Gasteiger partial charge in [-0.15, -0.1) is 0 Å². The summed E-state index contributed by atoms with van der Waals surface area (Å²) in [6.45, 7) is 16.1. The van der Waals surface area contributed by atoms with Crippen LogP contribution in [-0.2, 0) is 82.6 Å². The highest BCUT2D eigenvalue weighted by atomic mass is 16.7. The highest BCUT2D eigenvalue weighted by Gasteiger charge is 2.54. The molecule has 3 fully saturated rings. The Labute approximate surface area is 413 Å². The predicted octanol–water partition coefficient (Wildman–Crippen LogP) is 4.34. The average Bonchev–Trinajstić information content (AvgIpc) is 3.28. The van der Waals surface area contributed by atoms with Crippen molar-refractivity contribution in [2.75, 3.05) is 40.8 Å². The summed E-state index contributed by atoms with van der Waals surface area (Å²) in [5.74, 6) is -3.98. The molecule has 0 spiro atoms. The Hall–Kier alpha value is -4.08. The number of hydrogen-bond acceptors (Lipinski definition) is 19. The van der Waals surface area contributed by atoms with Crippen molar-refractivity contribution in [1.29, 1.82) is 0 Å². The van der Waals surface area contributed by atoms with Crippen molar-refractivity contribution in [1.82, 2.24) is 9.80 Å². The molecule has 3 aliphatic heterocycles. The Kier molecular flexibility index (Phi) is 23.1. The van der Waals surface area contributed by atoms with E-state index in [-0.39, 0.29) is 32.1 Å². The van der Waals surface area contributed by atoms with Gasteiger partial charge in [0.1, 0.15) is 42.9 Å². The van der Waals surface area contributed by atoms with Crippen molar-refractivity contribution in [2.45, 2.75) is 199 Å². The molecule has 0 bridgehead atoms. The zero-order valence-electron chi connectivity index (χ0n) is 43.3. The number of likely N-dealkylation sites (N-methyl/N-ethyl adjacent to an activating group) is 1. The van der Waals surface area contributed by atoms with Crippen molar-refractivity contribution in [3.8, 4) is 0 Å². The third-order valence-corrected chi connectivity index (χ3v) is 13.4. The fourth-order valence-corrected chi connectivity index (χ4v) is 9.93. The summed E-state index contributed by atoms with van der Waals surface area (Å²) in [6, 6.07) is 9.15. The molecule has 0 aromatic heterocycles. The maximum absolute atomic E-state index is 13.8. The molecule has 396 valence electrons. The molecular formula is C51H80N2O17. The quantitative estimate of drug-likeness (QED) is 0.130. The van der Waals surface area contributed by atoms with Crippen LogP contribution >= 0.6 is 0 Å². The third kappa shape index (κ3) is 16.7. The van der Waals surface area contributed by atoms with Crippen LogP contribution in [0.1, 0.15) is 113 Å². The molecule has 16 atom stereocenters. The second-order valence-electron chi connectivity index (χ2n) is 19.4. The number of benzene rings is 1. The standard InChI is InChI=1S/C51H80N2O17/c1-13-40(57)66-38-27-42(59)62-31(4)20-23-53(24-21-36-18-16-15-17-19-36)29-39(65-34(7)55)30(3)26-37(22-25-54)47(48(38)61-12)69-50-45(60)44(52(10)11)46(32(5)64-50)68-43-28-51(9,70-35(8)56)49(33(6)63-43)67-41(58)14-2/h15-19,25,30-33,37-39,43-50,60H,13-14,20-24,26-29H2,1-12H3/t30-,31-,32?,33?,37+,38-,39+,43?,44?,45?,46?,47+,48?,49?,50?,51?/m1/s1. The van der Waals surface area contributed by atoms with Gasteiger partial charge in [0.15, 0.2) is 24.3 Å². The molecule has 1 aromatic rings. The lowest BCUT2D eigenvalue weighted by Gasteiger charge is -2.50. The molecule has 1 N–H and O–H groups in total. The summed E-state index contributed by atoms with van der Waals surface area (Å²) in [7, 11) is 4.87. The highest BCUT2D eigenvalue weighted by Crippen LogP contribution is 2.39. The van der Waals surface area contributed by atoms with Crippen LogP contribution in [0.3, 0.4) is 0 Å². The number of nitrogens with zero attached hydrogens (tertiary/aromatic N) is 2. The van der Waals surface area contributed by atoms with E-state index >= 15 is 0 Å². The van der Waals surface area contributed by atoms with Gasteiger partial charge >= 0.3 is 29.8 Å². The summed E-state index contributed by atoms with van der Waals surface area (Å²) in [6.07, 6.45) is -10.6. The Morgan fingerprint density at radius 3 is 2.16 bits per heavy atom. The van der Waals surface area contributed by atoms with Gasteiger partial charge in [-0.3, -0.25) is 28.9 Å². The second kappa shape index (κ2) is 27.7. The van der Waals surface area contributed by atoms with Gasteiger partial charge in [0.2, 0.25) is 0 Å². The number of aliphatic hydroxyl groups excluding tert-OH is 1. The topological polar surface area (TPSA) is 221 Å². The number of ether oxygens (including phenoxy) is 10. The van der Waals surface area contributed by atoms with Gasteiger partial charge < -0.3 is 62.2 Å². The van der Waals surface area contributed by atoms with Crippen molar-refractivity contribution in [3.05, 3.63) is 35.9 Å². The lowest BCUT2D eigenvalue weighted by Crippen LogP contribution is -2.66. The predicted molar refractivity (Wildman–Crippen MR) is 253 cm³/mol. The van der Waals surface area contributed by atoms with Crippen molar-refractivity contribution < 1.29 is 81.2 Å². The molecule has 1 aromatic carbocycles. The Bertz CT molecular complexity index is 1840. The number of cyclic esters (lactones) is 1. The van der Waals surface area contributed by atoms with Crippen LogP contribution in [-0.4, -0.2) is 177 Å². The number of carbonyl (C=O) groups excluding carboxylic acids is 6. The van der Waals surface area contributed by atoms with E-state index in [1.54, 1.807) is 60.5 Å². The summed E-state index contributed by atoms with van der Waals surface area (Å²) in [4.78, 5) is 81.2. The molecule has 0 amide bonds. The van der Waals surface area contributed by atoms with E-state index in [4.69, 9.17) is 47.4 Å². The first-order chi connectivity index (χ1) is 33.1. The minimum Gasteiger partial charge on any atom is -0.463 e. The number of esters is 5. The van der Waals surface area contributed by atoms with Crippen LogP contribution in [0.5, 0.6) is 0 Å². The van der Waals surface area contributed by atoms with Gasteiger partial charge in [0.25, 0.3) is 0 Å². The first-order valence-corrected chi connectivity index (χ1v) is 24.8. The van der Waals surface area contributed by atoms with Crippen LogP contribution < -0.4 is 0 Å². The van der Waals surface area contributed by atoms with Gasteiger partial charge in [-0.1, -0.05) is 51.1 Å². The van der Waals surface area contributed by atoms with Crippen molar-refractivity contribution in [3.63, 3.8) is 0 Å². The molecule has 3 saturated heterocycles. The number of rotatable bonds is 17. The van der Waals surface area contributed by atoms with E-state index in [1.807, 2.05) is 37.3 Å². The van der Waals surface area contributed by atoms with Crippen molar-refractivity contribution >= 4 is 36.1 Å². The molecule has 3 heterocycles. The summed E-state index contributed by atoms with van der Waals surface area (Å²) >= 11 is 0. The van der Waals surface area contributed by atoms with Gasteiger partial charge in [-0.05, 0) is 78.5 Å². The Balaban J connectivity index is 1.74. The third-order valence-electron chi connectivity index (χ3n) is 13.4. The number of aldehydes is 1. The number of methoxy groups -OCH3 is 1. The van der Waals surface area contributed by atoms with Gasteiger partial charge in [0.05, 0.1) is 30.8 Å². The normalized spacial score (nSPS) is 35.1. The zero-order valence-corrected chi connectivity index (χ0v) is 43.3. The summed E-state index contributed by atoms with van der Waals surface area (Å²) in [5, 5.41) is 12.4. The fraction of sp³-hybridized carbons (Fsp3) is 0.765. The van der Waals surface area contributed by atoms with Crippen LogP contribution in [0.2, 0.25) is 0 Å². The second-order valence-corrected chi connectivity index (χ2v) is 19.4.